The predicted octanol–water partition coefficient (Wildman–Crippen LogP) is -0.270. The van der Waals surface area contributed by atoms with E-state index in [9.17, 15) is 4.79 Å². The Bertz CT molecular complexity index is 425. The lowest BCUT2D eigenvalue weighted by Crippen LogP contribution is -2.37. The highest BCUT2D eigenvalue weighted by atomic mass is 35.5. The van der Waals surface area contributed by atoms with Gasteiger partial charge in [-0.3, -0.25) is 0 Å². The fourth-order valence-electron chi connectivity index (χ4n) is 0.871. The largest absolute Gasteiger partial charge is 0.414 e. The van der Waals surface area contributed by atoms with Crippen LogP contribution in [-0.2, 0) is 0 Å². The minimum Gasteiger partial charge on any atom is -0.387 e. The van der Waals surface area contributed by atoms with Gasteiger partial charge < -0.3 is 27.3 Å². The van der Waals surface area contributed by atoms with Gasteiger partial charge in [0.1, 0.15) is 0 Å². The smallest absolute Gasteiger partial charge is 0.387 e. The molecule has 0 aliphatic rings. The van der Waals surface area contributed by atoms with Crippen LogP contribution in [0.2, 0.25) is 5.15 Å². The van der Waals surface area contributed by atoms with Crippen LogP contribution in [0.5, 0.6) is 5.88 Å². The lowest BCUT2D eigenvalue weighted by Gasteiger charge is -2.09. The molecular weight excluding hydrogens is 248 g/mol. The van der Waals surface area contributed by atoms with Crippen molar-refractivity contribution in [2.75, 3.05) is 18.0 Å². The minimum absolute atomic E-state index is 0.0347. The fourth-order valence-corrected chi connectivity index (χ4v) is 0.990. The number of nitrogen functional groups attached to an aromatic ring is 2. The summed E-state index contributed by atoms with van der Waals surface area (Å²) in [7, 11) is 0. The molecule has 1 aromatic rings. The Morgan fingerprint density at radius 2 is 2.12 bits per heavy atom. The molecule has 94 valence electrons. The lowest BCUT2D eigenvalue weighted by molar-refractivity contribution is 0.198. The van der Waals surface area contributed by atoms with Crippen molar-refractivity contribution in [3.63, 3.8) is 0 Å². The van der Waals surface area contributed by atoms with E-state index in [1.54, 1.807) is 6.92 Å². The summed E-state index contributed by atoms with van der Waals surface area (Å²) in [4.78, 5) is 18.6. The summed E-state index contributed by atoms with van der Waals surface area (Å²) in [6.07, 6.45) is -0.746. The molecule has 1 heterocycles. The van der Waals surface area contributed by atoms with Crippen LogP contribution in [0.4, 0.5) is 16.4 Å². The third-order valence-corrected chi connectivity index (χ3v) is 1.91. The topological polar surface area (TPSA) is 142 Å². The highest BCUT2D eigenvalue weighted by molar-refractivity contribution is 6.31. The summed E-state index contributed by atoms with van der Waals surface area (Å²) in [5.41, 5.74) is 16.3. The first-order valence-electron chi connectivity index (χ1n) is 4.70. The fraction of sp³-hybridized carbons (Fsp3) is 0.375. The van der Waals surface area contributed by atoms with E-state index in [2.05, 4.69) is 15.3 Å². The van der Waals surface area contributed by atoms with E-state index in [0.29, 0.717) is 0 Å². The predicted molar refractivity (Wildman–Crippen MR) is 63.5 cm³/mol. The number of aromatic nitrogens is 2. The minimum atomic E-state index is -0.746. The summed E-state index contributed by atoms with van der Waals surface area (Å²) in [6, 6.07) is -0.194. The van der Waals surface area contributed by atoms with E-state index in [-0.39, 0.29) is 35.3 Å². The Hall–Kier alpha value is -1.80. The van der Waals surface area contributed by atoms with E-state index in [1.165, 1.54) is 0 Å². The molecule has 0 aliphatic heterocycles. The second-order valence-corrected chi connectivity index (χ2v) is 3.70. The molecule has 0 saturated heterocycles. The van der Waals surface area contributed by atoms with Crippen molar-refractivity contribution in [2.24, 2.45) is 5.73 Å². The number of nitrogens with zero attached hydrogens (tertiary/aromatic N) is 2. The van der Waals surface area contributed by atoms with Gasteiger partial charge in [-0.25, -0.2) is 9.78 Å². The highest BCUT2D eigenvalue weighted by Crippen LogP contribution is 2.22. The molecule has 0 unspecified atom stereocenters. The van der Waals surface area contributed by atoms with Crippen molar-refractivity contribution in [2.45, 2.75) is 13.0 Å². The molecule has 0 bridgehead atoms. The molecule has 1 aromatic heterocycles. The van der Waals surface area contributed by atoms with Crippen molar-refractivity contribution in [3.05, 3.63) is 5.15 Å². The van der Waals surface area contributed by atoms with Crippen LogP contribution in [0.25, 0.3) is 0 Å². The number of halogens is 1. The van der Waals surface area contributed by atoms with Gasteiger partial charge in [0.05, 0.1) is 0 Å². The van der Waals surface area contributed by atoms with Crippen molar-refractivity contribution >= 4 is 29.3 Å². The third-order valence-electron chi connectivity index (χ3n) is 1.63. The first-order valence-corrected chi connectivity index (χ1v) is 5.07. The average molecular weight is 261 g/mol. The van der Waals surface area contributed by atoms with E-state index in [0.717, 1.165) is 0 Å². The van der Waals surface area contributed by atoms with Gasteiger partial charge in [0.15, 0.2) is 16.8 Å². The maximum atomic E-state index is 11.3. The van der Waals surface area contributed by atoms with Crippen LogP contribution in [0.3, 0.4) is 0 Å². The molecule has 0 radical (unpaired) electrons. The number of anilines is 2. The summed E-state index contributed by atoms with van der Waals surface area (Å²) in [5, 5.41) is 2.32. The lowest BCUT2D eigenvalue weighted by atomic mass is 10.4. The highest BCUT2D eigenvalue weighted by Gasteiger charge is 2.13. The second kappa shape index (κ2) is 5.51. The zero-order valence-electron chi connectivity index (χ0n) is 9.11. The Balaban J connectivity index is 2.68. The first kappa shape index (κ1) is 13.3. The van der Waals surface area contributed by atoms with Crippen molar-refractivity contribution in [1.82, 2.24) is 15.3 Å². The van der Waals surface area contributed by atoms with Gasteiger partial charge >= 0.3 is 6.09 Å². The maximum Gasteiger partial charge on any atom is 0.414 e. The van der Waals surface area contributed by atoms with Gasteiger partial charge in [-0.1, -0.05) is 11.6 Å². The van der Waals surface area contributed by atoms with Gasteiger partial charge in [-0.05, 0) is 6.92 Å². The monoisotopic (exact) mass is 260 g/mol. The number of rotatable bonds is 3. The number of carbonyl (C=O) groups is 1. The van der Waals surface area contributed by atoms with Gasteiger partial charge in [-0.15, -0.1) is 0 Å². The molecule has 8 nitrogen and oxygen atoms in total. The molecule has 1 atom stereocenters. The van der Waals surface area contributed by atoms with Crippen molar-refractivity contribution < 1.29 is 9.53 Å². The SMILES string of the molecule is C[C@@H](N)CNC(=O)Oc1nc(Cl)c(N)nc1N. The molecule has 9 heteroatoms. The summed E-state index contributed by atoms with van der Waals surface area (Å²) >= 11 is 5.61. The quantitative estimate of drug-likeness (QED) is 0.586. The zero-order chi connectivity index (χ0) is 13.0. The van der Waals surface area contributed by atoms with Gasteiger partial charge in [0, 0.05) is 12.6 Å². The summed E-state index contributed by atoms with van der Waals surface area (Å²) in [6.45, 7) is 1.99. The number of amides is 1. The number of hydrogen-bond donors (Lipinski definition) is 4. The Kier molecular flexibility index (Phi) is 4.30. The van der Waals surface area contributed by atoms with Crippen molar-refractivity contribution in [1.29, 1.82) is 0 Å². The van der Waals surface area contributed by atoms with Crippen LogP contribution in [0.1, 0.15) is 6.92 Å². The van der Waals surface area contributed by atoms with E-state index < -0.39 is 6.09 Å². The number of nitrogens with two attached hydrogens (primary N) is 3. The van der Waals surface area contributed by atoms with Gasteiger partial charge in [0.2, 0.25) is 0 Å². The molecule has 0 aliphatic carbocycles. The van der Waals surface area contributed by atoms with E-state index in [1.807, 2.05) is 0 Å². The van der Waals surface area contributed by atoms with Gasteiger partial charge in [-0.2, -0.15) is 4.98 Å². The van der Waals surface area contributed by atoms with E-state index >= 15 is 0 Å². The Morgan fingerprint density at radius 3 is 2.71 bits per heavy atom. The normalized spacial score (nSPS) is 11.9. The second-order valence-electron chi connectivity index (χ2n) is 3.34. The number of carbonyl (C=O) groups excluding carboxylic acids is 1. The molecule has 1 rings (SSSR count). The number of ether oxygens (including phenoxy) is 1. The molecule has 0 fully saturated rings. The van der Waals surface area contributed by atoms with Crippen LogP contribution >= 0.6 is 11.6 Å². The molecule has 17 heavy (non-hydrogen) atoms. The summed E-state index contributed by atoms with van der Waals surface area (Å²) < 4.78 is 4.79. The van der Waals surface area contributed by atoms with Crippen LogP contribution in [0.15, 0.2) is 0 Å². The molecule has 1 amide bonds. The zero-order valence-corrected chi connectivity index (χ0v) is 9.86. The molecule has 7 N–H and O–H groups in total. The molecule has 0 aromatic carbocycles. The molecule has 0 spiro atoms. The number of hydrogen-bond acceptors (Lipinski definition) is 7. The Labute approximate surface area is 102 Å². The van der Waals surface area contributed by atoms with E-state index in [4.69, 9.17) is 33.5 Å². The molecule has 0 saturated carbocycles. The van der Waals surface area contributed by atoms with Crippen LogP contribution < -0.4 is 27.3 Å². The maximum absolute atomic E-state index is 11.3. The molecular formula is C8H13ClN6O2. The summed E-state index contributed by atoms with van der Waals surface area (Å²) in [5.74, 6) is -0.360. The Morgan fingerprint density at radius 1 is 1.47 bits per heavy atom. The van der Waals surface area contributed by atoms with Crippen molar-refractivity contribution in [3.8, 4) is 5.88 Å². The third kappa shape index (κ3) is 3.93. The number of nitrogens with one attached hydrogen (secondary N) is 1. The van der Waals surface area contributed by atoms with Crippen LogP contribution in [-0.4, -0.2) is 28.6 Å². The average Bonchev–Trinajstić information content (AvgIpc) is 2.23. The van der Waals surface area contributed by atoms with Gasteiger partial charge in [0.25, 0.3) is 5.88 Å². The standard InChI is InChI=1S/C8H13ClN6O2/c1-3(10)2-13-8(16)17-7-6(12)15-5(11)4(9)14-7/h3H,2,10H2,1H3,(H,13,16)(H4,11,12,15)/t3-/m1/s1. The van der Waals surface area contributed by atoms with Crippen LogP contribution in [0, 0.1) is 0 Å². The first-order chi connectivity index (χ1) is 7.90.